The summed E-state index contributed by atoms with van der Waals surface area (Å²) in [6, 6.07) is 4.45. The lowest BCUT2D eigenvalue weighted by Crippen LogP contribution is -2.52. The number of rotatable bonds is 11. The summed E-state index contributed by atoms with van der Waals surface area (Å²) in [5.74, 6) is 0. The molecular formula is C15H35NSi. The van der Waals surface area contributed by atoms with E-state index in [2.05, 4.69) is 27.7 Å². The SMILES string of the molecule is CCCC[Si](CCCC)(CCCC)C(N)CC. The molecule has 17 heavy (non-hydrogen) atoms. The zero-order chi connectivity index (χ0) is 13.1. The second-order valence-corrected chi connectivity index (χ2v) is 10.7. The normalized spacial score (nSPS) is 13.9. The van der Waals surface area contributed by atoms with Crippen LogP contribution in [0.4, 0.5) is 0 Å². The Balaban J connectivity index is 4.63. The van der Waals surface area contributed by atoms with Gasteiger partial charge >= 0.3 is 0 Å². The first-order valence-electron chi connectivity index (χ1n) is 7.92. The molecule has 0 saturated heterocycles. The third-order valence-electron chi connectivity index (χ3n) is 4.31. The van der Waals surface area contributed by atoms with Crippen LogP contribution in [0.3, 0.4) is 0 Å². The Morgan fingerprint density at radius 2 is 1.12 bits per heavy atom. The van der Waals surface area contributed by atoms with E-state index >= 15 is 0 Å². The number of nitrogens with two attached hydrogens (primary N) is 1. The van der Waals surface area contributed by atoms with Gasteiger partial charge in [-0.2, -0.15) is 0 Å². The van der Waals surface area contributed by atoms with Gasteiger partial charge in [0.05, 0.1) is 8.07 Å². The minimum Gasteiger partial charge on any atom is -0.330 e. The van der Waals surface area contributed by atoms with E-state index in [0.717, 1.165) is 0 Å². The van der Waals surface area contributed by atoms with Gasteiger partial charge in [0.25, 0.3) is 0 Å². The Kier molecular flexibility index (Phi) is 10.2. The Bertz CT molecular complexity index is 149. The highest BCUT2D eigenvalue weighted by molar-refractivity contribution is 6.81. The molecular weight excluding hydrogens is 222 g/mol. The standard InChI is InChI=1S/C15H35NSi/c1-5-9-12-17(13-10-6-2,14-11-7-3)15(16)8-4/h15H,5-14,16H2,1-4H3. The van der Waals surface area contributed by atoms with E-state index < -0.39 is 8.07 Å². The van der Waals surface area contributed by atoms with Crippen molar-refractivity contribution in [3.8, 4) is 0 Å². The lowest BCUT2D eigenvalue weighted by molar-refractivity contribution is 0.721. The first-order valence-corrected chi connectivity index (χ1v) is 10.6. The van der Waals surface area contributed by atoms with Crippen LogP contribution in [-0.2, 0) is 0 Å². The molecule has 0 fully saturated rings. The smallest absolute Gasteiger partial charge is 0.0723 e. The Morgan fingerprint density at radius 1 is 0.765 bits per heavy atom. The molecule has 0 aliphatic carbocycles. The lowest BCUT2D eigenvalue weighted by atomic mass is 10.4. The van der Waals surface area contributed by atoms with Gasteiger partial charge in [-0.05, 0) is 12.1 Å². The summed E-state index contributed by atoms with van der Waals surface area (Å²) < 4.78 is 0. The predicted octanol–water partition coefficient (Wildman–Crippen LogP) is 5.11. The fourth-order valence-corrected chi connectivity index (χ4v) is 8.85. The molecule has 2 heteroatoms. The van der Waals surface area contributed by atoms with Gasteiger partial charge in [0.15, 0.2) is 0 Å². The van der Waals surface area contributed by atoms with Crippen LogP contribution in [0.1, 0.15) is 72.6 Å². The maximum atomic E-state index is 6.54. The van der Waals surface area contributed by atoms with Gasteiger partial charge in [0, 0.05) is 0 Å². The molecule has 0 amide bonds. The van der Waals surface area contributed by atoms with E-state index in [1.54, 1.807) is 0 Å². The summed E-state index contributed by atoms with van der Waals surface area (Å²) in [5, 5.41) is 0. The third-order valence-corrected chi connectivity index (χ3v) is 10.3. The largest absolute Gasteiger partial charge is 0.330 e. The maximum absolute atomic E-state index is 6.54. The average molecular weight is 258 g/mol. The molecule has 0 saturated carbocycles. The molecule has 104 valence electrons. The first-order chi connectivity index (χ1) is 8.16. The molecule has 1 unspecified atom stereocenters. The minimum absolute atomic E-state index is 0.548. The number of unbranched alkanes of at least 4 members (excludes halogenated alkanes) is 3. The summed E-state index contributed by atoms with van der Waals surface area (Å²) in [7, 11) is -1.18. The highest BCUT2D eigenvalue weighted by atomic mass is 28.3. The molecule has 0 radical (unpaired) electrons. The molecule has 0 aliphatic heterocycles. The van der Waals surface area contributed by atoms with Gasteiger partial charge in [0.2, 0.25) is 0 Å². The van der Waals surface area contributed by atoms with Crippen LogP contribution in [0.15, 0.2) is 0 Å². The van der Waals surface area contributed by atoms with Crippen molar-refractivity contribution < 1.29 is 0 Å². The topological polar surface area (TPSA) is 26.0 Å². The maximum Gasteiger partial charge on any atom is 0.0723 e. The van der Waals surface area contributed by atoms with Crippen molar-refractivity contribution in [3.05, 3.63) is 0 Å². The van der Waals surface area contributed by atoms with Crippen LogP contribution >= 0.6 is 0 Å². The molecule has 1 atom stereocenters. The van der Waals surface area contributed by atoms with Crippen molar-refractivity contribution in [1.82, 2.24) is 0 Å². The van der Waals surface area contributed by atoms with Gasteiger partial charge in [0.1, 0.15) is 0 Å². The first kappa shape index (κ1) is 17.2. The Hall–Kier alpha value is 0.177. The summed E-state index contributed by atoms with van der Waals surface area (Å²) in [6.07, 6.45) is 9.44. The second kappa shape index (κ2) is 10.1. The highest BCUT2D eigenvalue weighted by Gasteiger charge is 2.36. The third kappa shape index (κ3) is 6.05. The lowest BCUT2D eigenvalue weighted by Gasteiger charge is -2.37. The predicted molar refractivity (Wildman–Crippen MR) is 83.2 cm³/mol. The zero-order valence-electron chi connectivity index (χ0n) is 12.7. The molecule has 0 spiro atoms. The number of hydrogen-bond acceptors (Lipinski definition) is 1. The van der Waals surface area contributed by atoms with Gasteiger partial charge in [-0.3, -0.25) is 0 Å². The molecule has 0 aromatic heterocycles. The molecule has 0 bridgehead atoms. The van der Waals surface area contributed by atoms with Crippen LogP contribution in [0.2, 0.25) is 18.1 Å². The van der Waals surface area contributed by atoms with E-state index in [0.29, 0.717) is 5.67 Å². The molecule has 0 heterocycles. The minimum atomic E-state index is -1.18. The fraction of sp³-hybridized carbons (Fsp3) is 1.00. The van der Waals surface area contributed by atoms with E-state index in [-0.39, 0.29) is 0 Å². The van der Waals surface area contributed by atoms with Gasteiger partial charge in [-0.25, -0.2) is 0 Å². The van der Waals surface area contributed by atoms with E-state index in [1.165, 1.54) is 63.1 Å². The monoisotopic (exact) mass is 257 g/mol. The quantitative estimate of drug-likeness (QED) is 0.511. The highest BCUT2D eigenvalue weighted by Crippen LogP contribution is 2.31. The van der Waals surface area contributed by atoms with Gasteiger partial charge in [-0.15, -0.1) is 0 Å². The van der Waals surface area contributed by atoms with Crippen molar-refractivity contribution >= 4 is 8.07 Å². The molecule has 2 N–H and O–H groups in total. The van der Waals surface area contributed by atoms with Gasteiger partial charge in [-0.1, -0.05) is 84.4 Å². The van der Waals surface area contributed by atoms with Crippen LogP contribution in [0.25, 0.3) is 0 Å². The summed E-state index contributed by atoms with van der Waals surface area (Å²) in [6.45, 7) is 9.24. The summed E-state index contributed by atoms with van der Waals surface area (Å²) in [4.78, 5) is 0. The molecule has 0 rings (SSSR count). The van der Waals surface area contributed by atoms with Crippen LogP contribution in [0.5, 0.6) is 0 Å². The van der Waals surface area contributed by atoms with Crippen LogP contribution in [0, 0.1) is 0 Å². The van der Waals surface area contributed by atoms with Crippen LogP contribution < -0.4 is 5.73 Å². The van der Waals surface area contributed by atoms with E-state index in [4.69, 9.17) is 5.73 Å². The van der Waals surface area contributed by atoms with E-state index in [9.17, 15) is 0 Å². The Morgan fingerprint density at radius 3 is 1.35 bits per heavy atom. The van der Waals surface area contributed by atoms with Crippen molar-refractivity contribution in [2.45, 2.75) is 96.4 Å². The zero-order valence-corrected chi connectivity index (χ0v) is 13.7. The summed E-state index contributed by atoms with van der Waals surface area (Å²) in [5.41, 5.74) is 7.08. The van der Waals surface area contributed by atoms with Crippen molar-refractivity contribution in [3.63, 3.8) is 0 Å². The second-order valence-electron chi connectivity index (χ2n) is 5.69. The number of hydrogen-bond donors (Lipinski definition) is 1. The fourth-order valence-electron chi connectivity index (χ4n) is 2.95. The van der Waals surface area contributed by atoms with Crippen LogP contribution in [-0.4, -0.2) is 13.7 Å². The Labute approximate surface area is 111 Å². The molecule has 1 nitrogen and oxygen atoms in total. The van der Waals surface area contributed by atoms with Crippen molar-refractivity contribution in [2.75, 3.05) is 0 Å². The average Bonchev–Trinajstić information content (AvgIpc) is 2.37. The molecule has 0 aromatic carbocycles. The van der Waals surface area contributed by atoms with Crippen molar-refractivity contribution in [1.29, 1.82) is 0 Å². The molecule has 0 aliphatic rings. The van der Waals surface area contributed by atoms with Gasteiger partial charge < -0.3 is 5.73 Å². The summed E-state index contributed by atoms with van der Waals surface area (Å²) >= 11 is 0. The molecule has 0 aromatic rings. The van der Waals surface area contributed by atoms with E-state index in [1.807, 2.05) is 0 Å². The van der Waals surface area contributed by atoms with Crippen molar-refractivity contribution in [2.24, 2.45) is 5.73 Å².